The highest BCUT2D eigenvalue weighted by Gasteiger charge is 2.21. The predicted octanol–water partition coefficient (Wildman–Crippen LogP) is 1.10. The molecule has 0 fully saturated rings. The van der Waals surface area contributed by atoms with E-state index in [4.69, 9.17) is 21.9 Å². The number of Topliss-reactive ketones (excluding diaryl/α,β-unsaturated/α-hetero) is 1. The largest absolute Gasteiger partial charge is 0.488 e. The number of hydrogen-bond acceptors (Lipinski definition) is 6. The molecule has 0 aliphatic rings. The summed E-state index contributed by atoms with van der Waals surface area (Å²) in [6, 6.07) is 11.5. The molecule has 0 heterocycles. The number of aliphatic hydroxyl groups is 1. The van der Waals surface area contributed by atoms with E-state index in [9.17, 15) is 9.90 Å². The highest BCUT2D eigenvalue weighted by atomic mass is 16.5. The molecule has 0 aliphatic carbocycles. The van der Waals surface area contributed by atoms with Crippen molar-refractivity contribution in [1.29, 1.82) is 0 Å². The molecule has 7 N–H and O–H groups in total. The molecule has 116 valence electrons. The third-order valence-corrected chi connectivity index (χ3v) is 3.16. The Labute approximate surface area is 128 Å². The van der Waals surface area contributed by atoms with E-state index in [0.717, 1.165) is 0 Å². The van der Waals surface area contributed by atoms with Gasteiger partial charge in [0.25, 0.3) is 0 Å². The fourth-order valence-corrected chi connectivity index (χ4v) is 2.09. The van der Waals surface area contributed by atoms with Crippen molar-refractivity contribution in [3.05, 3.63) is 53.6 Å². The summed E-state index contributed by atoms with van der Waals surface area (Å²) in [5.41, 5.74) is 18.3. The molecule has 0 saturated carbocycles. The molecular formula is C16H19N3O3. The van der Waals surface area contributed by atoms with Gasteiger partial charge in [0, 0.05) is 12.1 Å². The quantitative estimate of drug-likeness (QED) is 0.468. The van der Waals surface area contributed by atoms with Crippen LogP contribution in [0.2, 0.25) is 0 Å². The maximum Gasteiger partial charge on any atom is 0.195 e. The van der Waals surface area contributed by atoms with Crippen LogP contribution in [0.4, 0.5) is 11.4 Å². The molecule has 6 nitrogen and oxygen atoms in total. The summed E-state index contributed by atoms with van der Waals surface area (Å²) in [4.78, 5) is 12.4. The Morgan fingerprint density at radius 1 is 1.14 bits per heavy atom. The summed E-state index contributed by atoms with van der Waals surface area (Å²) in [5, 5.41) is 10.2. The molecule has 2 rings (SSSR count). The Morgan fingerprint density at radius 3 is 2.27 bits per heavy atom. The molecule has 0 bridgehead atoms. The van der Waals surface area contributed by atoms with Crippen LogP contribution in [0.1, 0.15) is 22.0 Å². The van der Waals surface area contributed by atoms with E-state index >= 15 is 0 Å². The van der Waals surface area contributed by atoms with Crippen LogP contribution in [0, 0.1) is 0 Å². The Balaban J connectivity index is 2.27. The minimum Gasteiger partial charge on any atom is -0.488 e. The number of nitrogens with two attached hydrogens (primary N) is 3. The van der Waals surface area contributed by atoms with Crippen LogP contribution >= 0.6 is 0 Å². The number of carbonyl (C=O) groups excluding carboxylic acids is 1. The van der Waals surface area contributed by atoms with Crippen LogP contribution in [0.5, 0.6) is 5.75 Å². The summed E-state index contributed by atoms with van der Waals surface area (Å²) < 4.78 is 5.35. The van der Waals surface area contributed by atoms with Gasteiger partial charge in [0.1, 0.15) is 12.7 Å². The first-order valence-electron chi connectivity index (χ1n) is 6.83. The molecule has 0 saturated heterocycles. The number of anilines is 2. The van der Waals surface area contributed by atoms with E-state index in [-0.39, 0.29) is 23.5 Å². The van der Waals surface area contributed by atoms with Crippen LogP contribution < -0.4 is 21.9 Å². The molecule has 1 unspecified atom stereocenters. The second-order valence-electron chi connectivity index (χ2n) is 4.80. The van der Waals surface area contributed by atoms with E-state index in [1.165, 1.54) is 12.1 Å². The molecule has 0 aromatic heterocycles. The summed E-state index contributed by atoms with van der Waals surface area (Å²) in [6.07, 6.45) is -1.27. The number of ketones is 1. The van der Waals surface area contributed by atoms with Crippen molar-refractivity contribution in [2.75, 3.05) is 24.6 Å². The molecule has 0 amide bonds. The molecule has 1 atom stereocenters. The molecule has 22 heavy (non-hydrogen) atoms. The van der Waals surface area contributed by atoms with Gasteiger partial charge in [0.05, 0.1) is 11.4 Å². The lowest BCUT2D eigenvalue weighted by molar-refractivity contribution is 0.0747. The van der Waals surface area contributed by atoms with Gasteiger partial charge >= 0.3 is 0 Å². The van der Waals surface area contributed by atoms with Gasteiger partial charge in [-0.25, -0.2) is 0 Å². The third kappa shape index (κ3) is 3.36. The van der Waals surface area contributed by atoms with Gasteiger partial charge in [-0.05, 0) is 17.7 Å². The molecule has 0 aliphatic heterocycles. The zero-order valence-corrected chi connectivity index (χ0v) is 12.0. The molecule has 0 radical (unpaired) electrons. The molecular weight excluding hydrogens is 282 g/mol. The van der Waals surface area contributed by atoms with Gasteiger partial charge in [0.15, 0.2) is 11.5 Å². The van der Waals surface area contributed by atoms with Crippen molar-refractivity contribution in [3.63, 3.8) is 0 Å². The average molecular weight is 301 g/mol. The first-order valence-corrected chi connectivity index (χ1v) is 6.83. The summed E-state index contributed by atoms with van der Waals surface area (Å²) >= 11 is 0. The van der Waals surface area contributed by atoms with Crippen LogP contribution in [-0.2, 0) is 0 Å². The Morgan fingerprint density at radius 2 is 1.73 bits per heavy atom. The zero-order chi connectivity index (χ0) is 16.1. The summed E-state index contributed by atoms with van der Waals surface area (Å²) in [5.74, 6) is -0.175. The number of rotatable bonds is 6. The first kappa shape index (κ1) is 15.8. The van der Waals surface area contributed by atoms with Gasteiger partial charge in [-0.2, -0.15) is 0 Å². The molecule has 0 spiro atoms. The lowest BCUT2D eigenvalue weighted by atomic mass is 9.99. The van der Waals surface area contributed by atoms with Crippen molar-refractivity contribution < 1.29 is 14.6 Å². The topological polar surface area (TPSA) is 125 Å². The van der Waals surface area contributed by atoms with Crippen molar-refractivity contribution in [3.8, 4) is 5.75 Å². The van der Waals surface area contributed by atoms with Gasteiger partial charge in [0.2, 0.25) is 0 Å². The van der Waals surface area contributed by atoms with Gasteiger partial charge in [-0.3, -0.25) is 4.79 Å². The number of aliphatic hydroxyl groups excluding tert-OH is 1. The van der Waals surface area contributed by atoms with Gasteiger partial charge < -0.3 is 27.0 Å². The van der Waals surface area contributed by atoms with Crippen LogP contribution in [-0.4, -0.2) is 24.0 Å². The second-order valence-corrected chi connectivity index (χ2v) is 4.80. The second kappa shape index (κ2) is 6.93. The number of benzene rings is 2. The molecule has 2 aromatic rings. The summed E-state index contributed by atoms with van der Waals surface area (Å²) in [6.45, 7) is 0.598. The van der Waals surface area contributed by atoms with Crippen molar-refractivity contribution in [2.24, 2.45) is 5.73 Å². The van der Waals surface area contributed by atoms with Gasteiger partial charge in [-0.1, -0.05) is 30.3 Å². The fraction of sp³-hybridized carbons (Fsp3) is 0.188. The SMILES string of the molecule is NCCOc1c(N)cc(C(=O)C(O)c2ccccc2)cc1N. The third-order valence-electron chi connectivity index (χ3n) is 3.16. The van der Waals surface area contributed by atoms with Crippen molar-refractivity contribution in [2.45, 2.75) is 6.10 Å². The lowest BCUT2D eigenvalue weighted by Gasteiger charge is -2.14. The highest BCUT2D eigenvalue weighted by Crippen LogP contribution is 2.32. The van der Waals surface area contributed by atoms with Crippen molar-refractivity contribution in [1.82, 2.24) is 0 Å². The van der Waals surface area contributed by atoms with Gasteiger partial charge in [-0.15, -0.1) is 0 Å². The molecule has 6 heteroatoms. The fourth-order valence-electron chi connectivity index (χ4n) is 2.09. The Bertz CT molecular complexity index is 636. The van der Waals surface area contributed by atoms with Crippen LogP contribution in [0.25, 0.3) is 0 Å². The average Bonchev–Trinajstić information content (AvgIpc) is 2.53. The van der Waals surface area contributed by atoms with E-state index in [1.807, 2.05) is 0 Å². The minimum atomic E-state index is -1.27. The normalized spacial score (nSPS) is 11.9. The van der Waals surface area contributed by atoms with Crippen LogP contribution in [0.15, 0.2) is 42.5 Å². The van der Waals surface area contributed by atoms with Crippen molar-refractivity contribution >= 4 is 17.2 Å². The Kier molecular flexibility index (Phi) is 4.98. The standard InChI is InChI=1S/C16H19N3O3/c17-6-7-22-16-12(18)8-11(9-13(16)19)15(21)14(20)10-4-2-1-3-5-10/h1-5,8-9,14,20H,6-7,17-19H2. The molecule has 2 aromatic carbocycles. The van der Waals surface area contributed by atoms with Crippen LogP contribution in [0.3, 0.4) is 0 Å². The van der Waals surface area contributed by atoms with E-state index < -0.39 is 11.9 Å². The highest BCUT2D eigenvalue weighted by molar-refractivity contribution is 6.02. The smallest absolute Gasteiger partial charge is 0.195 e. The first-order chi connectivity index (χ1) is 10.5. The van der Waals surface area contributed by atoms with E-state index in [1.54, 1.807) is 30.3 Å². The maximum absolute atomic E-state index is 12.4. The monoisotopic (exact) mass is 301 g/mol. The number of ether oxygens (including phenoxy) is 1. The predicted molar refractivity (Wildman–Crippen MR) is 85.5 cm³/mol. The number of hydrogen-bond donors (Lipinski definition) is 4. The minimum absolute atomic E-state index is 0.228. The van der Waals surface area contributed by atoms with E-state index in [2.05, 4.69) is 0 Å². The summed E-state index contributed by atoms with van der Waals surface area (Å²) in [7, 11) is 0. The van der Waals surface area contributed by atoms with E-state index in [0.29, 0.717) is 17.9 Å². The Hall–Kier alpha value is -2.57. The maximum atomic E-state index is 12.4. The number of carbonyl (C=O) groups is 1. The lowest BCUT2D eigenvalue weighted by Crippen LogP contribution is -2.15. The zero-order valence-electron chi connectivity index (χ0n) is 12.0. The number of nitrogen functional groups attached to an aromatic ring is 2.